The second-order valence-corrected chi connectivity index (χ2v) is 3.66. The summed E-state index contributed by atoms with van der Waals surface area (Å²) in [7, 11) is 0. The predicted molar refractivity (Wildman–Crippen MR) is 59.9 cm³/mol. The van der Waals surface area contributed by atoms with Gasteiger partial charge in [0.2, 0.25) is 0 Å². The fourth-order valence-electron chi connectivity index (χ4n) is 1.11. The van der Waals surface area contributed by atoms with Gasteiger partial charge in [-0.1, -0.05) is 19.9 Å². The minimum Gasteiger partial charge on any atom is -0.478 e. The Morgan fingerprint density at radius 3 is 2.67 bits per heavy atom. The Balaban J connectivity index is 3.80. The lowest BCUT2D eigenvalue weighted by Crippen LogP contribution is -2.38. The Morgan fingerprint density at radius 2 is 2.20 bits per heavy atom. The molecule has 4 heteroatoms. The van der Waals surface area contributed by atoms with Crippen molar-refractivity contribution >= 4 is 5.97 Å². The van der Waals surface area contributed by atoms with Gasteiger partial charge in [-0.3, -0.25) is 0 Å². The fourth-order valence-corrected chi connectivity index (χ4v) is 1.11. The van der Waals surface area contributed by atoms with Crippen LogP contribution in [-0.2, 0) is 9.53 Å². The average Bonchev–Trinajstić information content (AvgIpc) is 2.15. The van der Waals surface area contributed by atoms with Gasteiger partial charge in [-0.15, -0.1) is 0 Å². The molecule has 15 heavy (non-hydrogen) atoms. The highest BCUT2D eigenvalue weighted by atomic mass is 16.5. The number of carboxylic acid groups (broad SMARTS) is 1. The smallest absolute Gasteiger partial charge is 0.328 e. The molecule has 0 rings (SSSR count). The van der Waals surface area contributed by atoms with E-state index in [0.717, 1.165) is 6.08 Å². The number of carbonyl (C=O) groups is 1. The van der Waals surface area contributed by atoms with E-state index in [1.54, 1.807) is 6.08 Å². The van der Waals surface area contributed by atoms with Gasteiger partial charge < -0.3 is 15.2 Å². The quantitative estimate of drug-likeness (QED) is 0.599. The molecule has 0 aromatic carbocycles. The Labute approximate surface area is 91.3 Å². The molecular weight excluding hydrogens is 194 g/mol. The van der Waals surface area contributed by atoms with Crippen molar-refractivity contribution in [1.82, 2.24) is 5.32 Å². The highest BCUT2D eigenvalue weighted by Gasteiger charge is 2.11. The Bertz CT molecular complexity index is 202. The van der Waals surface area contributed by atoms with Gasteiger partial charge in [-0.05, 0) is 12.8 Å². The first-order valence-electron chi connectivity index (χ1n) is 5.28. The lowest BCUT2D eigenvalue weighted by molar-refractivity contribution is -0.131. The Hall–Kier alpha value is -0.870. The zero-order valence-electron chi connectivity index (χ0n) is 9.69. The standard InChI is InChI=1S/C11H21NO3/c1-4-15-8-10(9(2)3)12-7-5-6-11(13)14/h5-6,9-10,12H,4,7-8H2,1-3H3,(H,13,14)/b6-5+. The van der Waals surface area contributed by atoms with E-state index in [2.05, 4.69) is 19.2 Å². The van der Waals surface area contributed by atoms with Gasteiger partial charge in [0.1, 0.15) is 0 Å². The molecule has 0 heterocycles. The summed E-state index contributed by atoms with van der Waals surface area (Å²) in [6, 6.07) is 0.267. The molecule has 1 unspecified atom stereocenters. The molecule has 88 valence electrons. The number of carboxylic acids is 1. The Morgan fingerprint density at radius 1 is 1.53 bits per heavy atom. The van der Waals surface area contributed by atoms with Crippen LogP contribution in [0.2, 0.25) is 0 Å². The number of hydrogen-bond acceptors (Lipinski definition) is 3. The van der Waals surface area contributed by atoms with Gasteiger partial charge in [0.15, 0.2) is 0 Å². The molecule has 4 nitrogen and oxygen atoms in total. The van der Waals surface area contributed by atoms with Crippen LogP contribution in [0.1, 0.15) is 20.8 Å². The summed E-state index contributed by atoms with van der Waals surface area (Å²) >= 11 is 0. The summed E-state index contributed by atoms with van der Waals surface area (Å²) in [5.41, 5.74) is 0. The van der Waals surface area contributed by atoms with Crippen molar-refractivity contribution in [1.29, 1.82) is 0 Å². The molecule has 2 N–H and O–H groups in total. The number of ether oxygens (including phenoxy) is 1. The SMILES string of the molecule is CCOCC(NC/C=C/C(=O)O)C(C)C. The normalized spacial score (nSPS) is 13.6. The zero-order valence-corrected chi connectivity index (χ0v) is 9.69. The van der Waals surface area contributed by atoms with E-state index < -0.39 is 5.97 Å². The number of nitrogens with one attached hydrogen (secondary N) is 1. The molecule has 0 aliphatic rings. The summed E-state index contributed by atoms with van der Waals surface area (Å²) in [6.45, 7) is 8.10. The van der Waals surface area contributed by atoms with Crippen LogP contribution in [0.4, 0.5) is 0 Å². The van der Waals surface area contributed by atoms with Gasteiger partial charge >= 0.3 is 5.97 Å². The Kier molecular flexibility index (Phi) is 7.95. The van der Waals surface area contributed by atoms with Gasteiger partial charge in [0.05, 0.1) is 6.61 Å². The molecule has 0 radical (unpaired) electrons. The van der Waals surface area contributed by atoms with Gasteiger partial charge in [-0.25, -0.2) is 4.79 Å². The van der Waals surface area contributed by atoms with Crippen molar-refractivity contribution < 1.29 is 14.6 Å². The lowest BCUT2D eigenvalue weighted by Gasteiger charge is -2.21. The van der Waals surface area contributed by atoms with E-state index in [1.807, 2.05) is 6.92 Å². The number of rotatable bonds is 8. The first kappa shape index (κ1) is 14.1. The largest absolute Gasteiger partial charge is 0.478 e. The van der Waals surface area contributed by atoms with Gasteiger partial charge in [0.25, 0.3) is 0 Å². The van der Waals surface area contributed by atoms with Crippen molar-refractivity contribution in [3.05, 3.63) is 12.2 Å². The van der Waals surface area contributed by atoms with Crippen LogP contribution in [-0.4, -0.2) is 36.9 Å². The van der Waals surface area contributed by atoms with Crippen molar-refractivity contribution in [3.63, 3.8) is 0 Å². The van der Waals surface area contributed by atoms with Crippen molar-refractivity contribution in [2.24, 2.45) is 5.92 Å². The molecule has 0 saturated heterocycles. The first-order valence-corrected chi connectivity index (χ1v) is 5.28. The van der Waals surface area contributed by atoms with Crippen molar-refractivity contribution in [3.8, 4) is 0 Å². The van der Waals surface area contributed by atoms with Gasteiger partial charge in [0, 0.05) is 25.3 Å². The molecule has 0 amide bonds. The molecular formula is C11H21NO3. The van der Waals surface area contributed by atoms with Crippen LogP contribution < -0.4 is 5.32 Å². The van der Waals surface area contributed by atoms with Gasteiger partial charge in [-0.2, -0.15) is 0 Å². The molecule has 0 fully saturated rings. The van der Waals surface area contributed by atoms with Crippen molar-refractivity contribution in [2.75, 3.05) is 19.8 Å². The maximum absolute atomic E-state index is 10.2. The average molecular weight is 215 g/mol. The monoisotopic (exact) mass is 215 g/mol. The third-order valence-electron chi connectivity index (χ3n) is 2.06. The van der Waals surface area contributed by atoms with Crippen LogP contribution in [0.15, 0.2) is 12.2 Å². The minimum absolute atomic E-state index is 0.267. The third kappa shape index (κ3) is 8.15. The maximum atomic E-state index is 10.2. The molecule has 0 aliphatic heterocycles. The third-order valence-corrected chi connectivity index (χ3v) is 2.06. The topological polar surface area (TPSA) is 58.6 Å². The van der Waals surface area contributed by atoms with Crippen LogP contribution in [0.3, 0.4) is 0 Å². The molecule has 0 saturated carbocycles. The molecule has 0 aromatic rings. The lowest BCUT2D eigenvalue weighted by atomic mass is 10.1. The van der Waals surface area contributed by atoms with E-state index in [1.165, 1.54) is 0 Å². The van der Waals surface area contributed by atoms with Crippen LogP contribution in [0.5, 0.6) is 0 Å². The van der Waals surface area contributed by atoms with E-state index in [4.69, 9.17) is 9.84 Å². The highest BCUT2D eigenvalue weighted by molar-refractivity contribution is 5.79. The predicted octanol–water partition coefficient (Wildman–Crippen LogP) is 1.28. The second-order valence-electron chi connectivity index (χ2n) is 3.66. The first-order chi connectivity index (χ1) is 7.07. The molecule has 0 spiro atoms. The maximum Gasteiger partial charge on any atom is 0.328 e. The van der Waals surface area contributed by atoms with Crippen LogP contribution >= 0.6 is 0 Å². The van der Waals surface area contributed by atoms with E-state index >= 15 is 0 Å². The highest BCUT2D eigenvalue weighted by Crippen LogP contribution is 2.01. The summed E-state index contributed by atoms with van der Waals surface area (Å²) in [5.74, 6) is -0.447. The number of hydrogen-bond donors (Lipinski definition) is 2. The van der Waals surface area contributed by atoms with Crippen molar-refractivity contribution in [2.45, 2.75) is 26.8 Å². The molecule has 1 atom stereocenters. The number of aliphatic carboxylic acids is 1. The molecule has 0 aromatic heterocycles. The van der Waals surface area contributed by atoms with E-state index in [0.29, 0.717) is 25.7 Å². The van der Waals surface area contributed by atoms with Crippen LogP contribution in [0, 0.1) is 5.92 Å². The molecule has 0 bridgehead atoms. The summed E-state index contributed by atoms with van der Waals surface area (Å²) in [5, 5.41) is 11.6. The van der Waals surface area contributed by atoms with Crippen LogP contribution in [0.25, 0.3) is 0 Å². The molecule has 0 aliphatic carbocycles. The minimum atomic E-state index is -0.914. The second kappa shape index (κ2) is 8.44. The summed E-state index contributed by atoms with van der Waals surface area (Å²) in [4.78, 5) is 10.2. The van der Waals surface area contributed by atoms with E-state index in [-0.39, 0.29) is 6.04 Å². The fraction of sp³-hybridized carbons (Fsp3) is 0.727. The summed E-state index contributed by atoms with van der Waals surface area (Å²) < 4.78 is 5.33. The van der Waals surface area contributed by atoms with E-state index in [9.17, 15) is 4.79 Å². The zero-order chi connectivity index (χ0) is 11.7. The summed E-state index contributed by atoms with van der Waals surface area (Å²) in [6.07, 6.45) is 2.74.